The number of para-hydroxylation sites is 1. The van der Waals surface area contributed by atoms with Gasteiger partial charge in [-0.15, -0.1) is 0 Å². The number of ketones is 1. The largest absolute Gasteiger partial charge is 0.483 e. The van der Waals surface area contributed by atoms with E-state index in [1.54, 1.807) is 36.4 Å². The third-order valence-corrected chi connectivity index (χ3v) is 2.88. The van der Waals surface area contributed by atoms with Gasteiger partial charge in [0, 0.05) is 0 Å². The SMILES string of the molecule is CC(=O)c1ccccc1OCC(=O)NC(=O)NCc1ccco1. The fraction of sp³-hybridized carbons (Fsp3) is 0.188. The van der Waals surface area contributed by atoms with Crippen LogP contribution in [0.1, 0.15) is 23.0 Å². The fourth-order valence-electron chi connectivity index (χ4n) is 1.81. The molecule has 0 aliphatic carbocycles. The summed E-state index contributed by atoms with van der Waals surface area (Å²) in [6, 6.07) is 9.31. The van der Waals surface area contributed by atoms with Crippen LogP contribution in [-0.2, 0) is 11.3 Å². The van der Waals surface area contributed by atoms with E-state index in [2.05, 4.69) is 10.6 Å². The van der Waals surface area contributed by atoms with E-state index in [-0.39, 0.29) is 18.9 Å². The Morgan fingerprint density at radius 3 is 2.61 bits per heavy atom. The lowest BCUT2D eigenvalue weighted by Crippen LogP contribution is -2.41. The van der Waals surface area contributed by atoms with Crippen molar-refractivity contribution in [1.29, 1.82) is 0 Å². The average Bonchev–Trinajstić information content (AvgIpc) is 3.04. The fourth-order valence-corrected chi connectivity index (χ4v) is 1.81. The summed E-state index contributed by atoms with van der Waals surface area (Å²) in [6.45, 7) is 1.20. The van der Waals surface area contributed by atoms with E-state index in [4.69, 9.17) is 9.15 Å². The maximum Gasteiger partial charge on any atom is 0.321 e. The molecule has 2 aromatic rings. The number of benzene rings is 1. The zero-order valence-corrected chi connectivity index (χ0v) is 12.5. The minimum atomic E-state index is -0.658. The normalized spacial score (nSPS) is 9.96. The number of urea groups is 1. The zero-order valence-electron chi connectivity index (χ0n) is 12.5. The second kappa shape index (κ2) is 7.79. The van der Waals surface area contributed by atoms with E-state index in [9.17, 15) is 14.4 Å². The molecule has 1 aromatic heterocycles. The number of Topliss-reactive ketones (excluding diaryl/α,β-unsaturated/α-hetero) is 1. The second-order valence-electron chi connectivity index (χ2n) is 4.65. The van der Waals surface area contributed by atoms with Crippen molar-refractivity contribution in [2.45, 2.75) is 13.5 Å². The first-order chi connectivity index (χ1) is 11.1. The monoisotopic (exact) mass is 316 g/mol. The van der Waals surface area contributed by atoms with Crippen LogP contribution in [0.5, 0.6) is 5.75 Å². The molecule has 0 unspecified atom stereocenters. The molecule has 1 heterocycles. The van der Waals surface area contributed by atoms with Gasteiger partial charge >= 0.3 is 6.03 Å². The first-order valence-corrected chi connectivity index (χ1v) is 6.89. The van der Waals surface area contributed by atoms with E-state index >= 15 is 0 Å². The van der Waals surface area contributed by atoms with E-state index in [0.717, 1.165) is 0 Å². The van der Waals surface area contributed by atoms with E-state index in [1.807, 2.05) is 0 Å². The number of hydrogen-bond acceptors (Lipinski definition) is 5. The Morgan fingerprint density at radius 2 is 1.91 bits per heavy atom. The Kier molecular flexibility index (Phi) is 5.51. The number of ether oxygens (including phenoxy) is 1. The van der Waals surface area contributed by atoms with E-state index < -0.39 is 11.9 Å². The van der Waals surface area contributed by atoms with Crippen LogP contribution in [0.15, 0.2) is 47.1 Å². The number of carbonyl (C=O) groups excluding carboxylic acids is 3. The Labute approximate surface area is 132 Å². The molecule has 0 aliphatic heterocycles. The van der Waals surface area contributed by atoms with Crippen molar-refractivity contribution < 1.29 is 23.5 Å². The van der Waals surface area contributed by atoms with Gasteiger partial charge in [0.2, 0.25) is 0 Å². The van der Waals surface area contributed by atoms with Crippen molar-refractivity contribution >= 4 is 17.7 Å². The van der Waals surface area contributed by atoms with Crippen LogP contribution in [0.25, 0.3) is 0 Å². The van der Waals surface area contributed by atoms with Crippen molar-refractivity contribution in [3.63, 3.8) is 0 Å². The van der Waals surface area contributed by atoms with Crippen LogP contribution in [0.2, 0.25) is 0 Å². The number of hydrogen-bond donors (Lipinski definition) is 2. The molecule has 0 spiro atoms. The molecule has 0 aliphatic rings. The number of nitrogens with one attached hydrogen (secondary N) is 2. The molecule has 7 heteroatoms. The summed E-state index contributed by atoms with van der Waals surface area (Å²) < 4.78 is 10.3. The molecule has 3 amide bonds. The summed E-state index contributed by atoms with van der Waals surface area (Å²) in [4.78, 5) is 34.6. The lowest BCUT2D eigenvalue weighted by molar-refractivity contribution is -0.122. The zero-order chi connectivity index (χ0) is 16.7. The van der Waals surface area contributed by atoms with Crippen molar-refractivity contribution in [1.82, 2.24) is 10.6 Å². The van der Waals surface area contributed by atoms with Gasteiger partial charge in [0.15, 0.2) is 12.4 Å². The maximum absolute atomic E-state index is 11.7. The first-order valence-electron chi connectivity index (χ1n) is 6.89. The summed E-state index contributed by atoms with van der Waals surface area (Å²) in [5, 5.41) is 4.59. The Morgan fingerprint density at radius 1 is 1.13 bits per heavy atom. The standard InChI is InChI=1S/C16H16N2O5/c1-11(19)13-6-2-3-7-14(13)23-10-15(20)18-16(21)17-9-12-5-4-8-22-12/h2-8H,9-10H2,1H3,(H2,17,18,20,21). The van der Waals surface area contributed by atoms with Gasteiger partial charge in [0.1, 0.15) is 11.5 Å². The van der Waals surface area contributed by atoms with Crippen LogP contribution >= 0.6 is 0 Å². The summed E-state index contributed by atoms with van der Waals surface area (Å²) in [5.41, 5.74) is 0.377. The van der Waals surface area contributed by atoms with Gasteiger partial charge in [0.25, 0.3) is 5.91 Å². The number of imide groups is 1. The number of furan rings is 1. The molecule has 0 atom stereocenters. The molecule has 2 rings (SSSR count). The van der Waals surface area contributed by atoms with Crippen molar-refractivity contribution in [2.24, 2.45) is 0 Å². The summed E-state index contributed by atoms with van der Waals surface area (Å²) in [6.07, 6.45) is 1.49. The second-order valence-corrected chi connectivity index (χ2v) is 4.65. The highest BCUT2D eigenvalue weighted by Gasteiger charge is 2.12. The molecule has 120 valence electrons. The third-order valence-electron chi connectivity index (χ3n) is 2.88. The maximum atomic E-state index is 11.7. The highest BCUT2D eigenvalue weighted by atomic mass is 16.5. The van der Waals surface area contributed by atoms with Gasteiger partial charge in [-0.05, 0) is 31.2 Å². The topological polar surface area (TPSA) is 97.6 Å². The predicted octanol–water partition coefficient (Wildman–Crippen LogP) is 1.89. The van der Waals surface area contributed by atoms with Crippen LogP contribution in [0.4, 0.5) is 4.79 Å². The summed E-state index contributed by atoms with van der Waals surface area (Å²) >= 11 is 0. The van der Waals surface area contributed by atoms with Crippen molar-refractivity contribution in [3.8, 4) is 5.75 Å². The molecule has 2 N–H and O–H groups in total. The average molecular weight is 316 g/mol. The molecule has 0 bridgehead atoms. The first kappa shape index (κ1) is 16.3. The lowest BCUT2D eigenvalue weighted by Gasteiger charge is -2.09. The number of amides is 3. The summed E-state index contributed by atoms with van der Waals surface area (Å²) in [5.74, 6) is 0.0721. The molecular weight excluding hydrogens is 300 g/mol. The quantitative estimate of drug-likeness (QED) is 0.793. The van der Waals surface area contributed by atoms with Gasteiger partial charge in [0.05, 0.1) is 18.4 Å². The smallest absolute Gasteiger partial charge is 0.321 e. The molecular formula is C16H16N2O5. The van der Waals surface area contributed by atoms with Gasteiger partial charge in [-0.25, -0.2) is 4.79 Å². The van der Waals surface area contributed by atoms with Crippen molar-refractivity contribution in [3.05, 3.63) is 54.0 Å². The van der Waals surface area contributed by atoms with Gasteiger partial charge in [-0.3, -0.25) is 14.9 Å². The summed E-state index contributed by atoms with van der Waals surface area (Å²) in [7, 11) is 0. The number of rotatable bonds is 6. The highest BCUT2D eigenvalue weighted by Crippen LogP contribution is 2.18. The molecule has 0 saturated heterocycles. The molecule has 23 heavy (non-hydrogen) atoms. The molecule has 0 saturated carbocycles. The number of carbonyl (C=O) groups is 3. The van der Waals surface area contributed by atoms with Crippen LogP contribution in [0.3, 0.4) is 0 Å². The Bertz CT molecular complexity index is 694. The third kappa shape index (κ3) is 4.99. The van der Waals surface area contributed by atoms with E-state index in [0.29, 0.717) is 17.1 Å². The van der Waals surface area contributed by atoms with Crippen LogP contribution < -0.4 is 15.4 Å². The minimum absolute atomic E-state index is 0.167. The lowest BCUT2D eigenvalue weighted by atomic mass is 10.1. The van der Waals surface area contributed by atoms with Gasteiger partial charge < -0.3 is 14.5 Å². The minimum Gasteiger partial charge on any atom is -0.483 e. The van der Waals surface area contributed by atoms with Crippen LogP contribution in [-0.4, -0.2) is 24.3 Å². The van der Waals surface area contributed by atoms with Gasteiger partial charge in [-0.2, -0.15) is 0 Å². The highest BCUT2D eigenvalue weighted by molar-refractivity contribution is 5.97. The predicted molar refractivity (Wildman–Crippen MR) is 81.0 cm³/mol. The van der Waals surface area contributed by atoms with Gasteiger partial charge in [-0.1, -0.05) is 12.1 Å². The molecule has 7 nitrogen and oxygen atoms in total. The van der Waals surface area contributed by atoms with E-state index in [1.165, 1.54) is 13.2 Å². The Hall–Kier alpha value is -3.09. The molecule has 1 aromatic carbocycles. The molecule has 0 fully saturated rings. The molecule has 0 radical (unpaired) electrons. The van der Waals surface area contributed by atoms with Crippen molar-refractivity contribution in [2.75, 3.05) is 6.61 Å². The Balaban J connectivity index is 1.79. The van der Waals surface area contributed by atoms with Crippen LogP contribution in [0, 0.1) is 0 Å².